The average Bonchev–Trinajstić information content (AvgIpc) is 2.37. The maximum absolute atomic E-state index is 11.8. The molecule has 1 aliphatic rings. The van der Waals surface area contributed by atoms with Crippen molar-refractivity contribution in [2.24, 2.45) is 0 Å². The third-order valence-electron chi connectivity index (χ3n) is 3.00. The fraction of sp³-hybridized carbons (Fsp3) is 0.833. The number of nitrogens with one attached hydrogen (secondary N) is 1. The third kappa shape index (κ3) is 5.46. The Morgan fingerprint density at radius 3 is 2.61 bits per heavy atom. The number of carbonyl (C=O) groups is 2. The van der Waals surface area contributed by atoms with Crippen LogP contribution >= 0.6 is 0 Å². The molecular weight excluding hydrogens is 236 g/mol. The van der Waals surface area contributed by atoms with Gasteiger partial charge in [0.15, 0.2) is 0 Å². The van der Waals surface area contributed by atoms with Crippen molar-refractivity contribution in [2.75, 3.05) is 32.8 Å². The summed E-state index contributed by atoms with van der Waals surface area (Å²) in [6.07, 6.45) is 1.94. The smallest absolute Gasteiger partial charge is 0.329 e. The first kappa shape index (κ1) is 14.9. The topological polar surface area (TPSA) is 78.9 Å². The maximum Gasteiger partial charge on any atom is 0.329 e. The standard InChI is InChI=1S/C12H22N2O4/c1-2-13-6-3-11(15)14-7-4-10(5-8-14)18-9-12(16)17/h10,13H,2-9H2,1H3,(H,16,17). The van der Waals surface area contributed by atoms with Gasteiger partial charge in [-0.3, -0.25) is 4.79 Å². The molecule has 6 heteroatoms. The van der Waals surface area contributed by atoms with Gasteiger partial charge in [0.2, 0.25) is 5.91 Å². The van der Waals surface area contributed by atoms with Gasteiger partial charge in [0.25, 0.3) is 0 Å². The fourth-order valence-electron chi connectivity index (χ4n) is 1.99. The number of carbonyl (C=O) groups excluding carboxylic acids is 1. The van der Waals surface area contributed by atoms with E-state index in [1.807, 2.05) is 11.8 Å². The number of rotatable bonds is 7. The first-order valence-corrected chi connectivity index (χ1v) is 6.45. The molecule has 104 valence electrons. The minimum Gasteiger partial charge on any atom is -0.480 e. The Hall–Kier alpha value is -1.14. The van der Waals surface area contributed by atoms with E-state index in [-0.39, 0.29) is 18.6 Å². The van der Waals surface area contributed by atoms with Crippen LogP contribution in [0.15, 0.2) is 0 Å². The number of ether oxygens (including phenoxy) is 1. The van der Waals surface area contributed by atoms with E-state index in [1.54, 1.807) is 0 Å². The normalized spacial score (nSPS) is 16.8. The Morgan fingerprint density at radius 1 is 1.39 bits per heavy atom. The van der Waals surface area contributed by atoms with Crippen LogP contribution in [0, 0.1) is 0 Å². The van der Waals surface area contributed by atoms with Crippen LogP contribution in [0.2, 0.25) is 0 Å². The molecule has 0 saturated carbocycles. The first-order chi connectivity index (χ1) is 8.63. The number of hydrogen-bond donors (Lipinski definition) is 2. The molecule has 0 aliphatic carbocycles. The van der Waals surface area contributed by atoms with Crippen LogP contribution in [0.1, 0.15) is 26.2 Å². The largest absolute Gasteiger partial charge is 0.480 e. The number of hydrogen-bond acceptors (Lipinski definition) is 4. The summed E-state index contributed by atoms with van der Waals surface area (Å²) in [6, 6.07) is 0. The zero-order chi connectivity index (χ0) is 13.4. The number of carboxylic acids is 1. The molecular formula is C12H22N2O4. The molecule has 0 unspecified atom stereocenters. The highest BCUT2D eigenvalue weighted by molar-refractivity contribution is 5.76. The fourth-order valence-corrected chi connectivity index (χ4v) is 1.99. The third-order valence-corrected chi connectivity index (χ3v) is 3.00. The molecule has 1 heterocycles. The van der Waals surface area contributed by atoms with Crippen molar-refractivity contribution in [1.29, 1.82) is 0 Å². The summed E-state index contributed by atoms with van der Waals surface area (Å²) in [4.78, 5) is 24.0. The van der Waals surface area contributed by atoms with E-state index in [1.165, 1.54) is 0 Å². The van der Waals surface area contributed by atoms with Crippen molar-refractivity contribution >= 4 is 11.9 Å². The van der Waals surface area contributed by atoms with Crippen molar-refractivity contribution in [3.63, 3.8) is 0 Å². The quantitative estimate of drug-likeness (QED) is 0.632. The zero-order valence-corrected chi connectivity index (χ0v) is 10.9. The van der Waals surface area contributed by atoms with Crippen molar-refractivity contribution in [3.05, 3.63) is 0 Å². The van der Waals surface area contributed by atoms with E-state index < -0.39 is 5.97 Å². The van der Waals surface area contributed by atoms with Gasteiger partial charge in [-0.15, -0.1) is 0 Å². The predicted octanol–water partition coefficient (Wildman–Crippen LogP) is 0.0782. The van der Waals surface area contributed by atoms with Crippen molar-refractivity contribution < 1.29 is 19.4 Å². The van der Waals surface area contributed by atoms with Gasteiger partial charge in [-0.1, -0.05) is 6.92 Å². The second-order valence-corrected chi connectivity index (χ2v) is 4.39. The van der Waals surface area contributed by atoms with Crippen LogP contribution in [0.4, 0.5) is 0 Å². The summed E-state index contributed by atoms with van der Waals surface area (Å²) in [5, 5.41) is 11.6. The van der Waals surface area contributed by atoms with E-state index in [0.29, 0.717) is 26.1 Å². The van der Waals surface area contributed by atoms with E-state index in [4.69, 9.17) is 9.84 Å². The van der Waals surface area contributed by atoms with Crippen molar-refractivity contribution in [2.45, 2.75) is 32.3 Å². The molecule has 0 aromatic rings. The zero-order valence-electron chi connectivity index (χ0n) is 10.9. The monoisotopic (exact) mass is 258 g/mol. The number of likely N-dealkylation sites (tertiary alicyclic amines) is 1. The Bertz CT molecular complexity index is 275. The highest BCUT2D eigenvalue weighted by Gasteiger charge is 2.23. The van der Waals surface area contributed by atoms with E-state index in [2.05, 4.69) is 5.32 Å². The number of carboxylic acid groups (broad SMARTS) is 1. The Balaban J connectivity index is 2.17. The van der Waals surface area contributed by atoms with Gasteiger partial charge in [0, 0.05) is 26.1 Å². The first-order valence-electron chi connectivity index (χ1n) is 6.45. The predicted molar refractivity (Wildman–Crippen MR) is 66.4 cm³/mol. The van der Waals surface area contributed by atoms with E-state index >= 15 is 0 Å². The Morgan fingerprint density at radius 2 is 2.06 bits per heavy atom. The number of nitrogens with zero attached hydrogens (tertiary/aromatic N) is 1. The summed E-state index contributed by atoms with van der Waals surface area (Å²) in [7, 11) is 0. The lowest BCUT2D eigenvalue weighted by Gasteiger charge is -2.31. The highest BCUT2D eigenvalue weighted by atomic mass is 16.5. The summed E-state index contributed by atoms with van der Waals surface area (Å²) >= 11 is 0. The Kier molecular flexibility index (Phi) is 6.67. The molecule has 1 aliphatic heterocycles. The molecule has 1 fully saturated rings. The van der Waals surface area contributed by atoms with Crippen molar-refractivity contribution in [1.82, 2.24) is 10.2 Å². The number of amides is 1. The van der Waals surface area contributed by atoms with E-state index in [0.717, 1.165) is 19.4 Å². The SMILES string of the molecule is CCNCCC(=O)N1CCC(OCC(=O)O)CC1. The van der Waals surface area contributed by atoms with Gasteiger partial charge < -0.3 is 20.1 Å². The molecule has 0 spiro atoms. The van der Waals surface area contributed by atoms with Gasteiger partial charge in [0.05, 0.1) is 6.10 Å². The Labute approximate surface area is 107 Å². The average molecular weight is 258 g/mol. The van der Waals surface area contributed by atoms with Crippen LogP contribution in [0.5, 0.6) is 0 Å². The molecule has 0 atom stereocenters. The van der Waals surface area contributed by atoms with Crippen molar-refractivity contribution in [3.8, 4) is 0 Å². The molecule has 0 bridgehead atoms. The second kappa shape index (κ2) is 8.05. The molecule has 18 heavy (non-hydrogen) atoms. The molecule has 0 aromatic heterocycles. The van der Waals surface area contributed by atoms with Gasteiger partial charge in [-0.25, -0.2) is 4.79 Å². The van der Waals surface area contributed by atoms with Crippen LogP contribution < -0.4 is 5.32 Å². The lowest BCUT2D eigenvalue weighted by molar-refractivity contribution is -0.146. The minimum absolute atomic E-state index is 0.0288. The maximum atomic E-state index is 11.8. The molecule has 6 nitrogen and oxygen atoms in total. The van der Waals surface area contributed by atoms with Gasteiger partial charge >= 0.3 is 5.97 Å². The van der Waals surface area contributed by atoms with Crippen LogP contribution in [0.25, 0.3) is 0 Å². The molecule has 1 saturated heterocycles. The summed E-state index contributed by atoms with van der Waals surface area (Å²) < 4.78 is 5.22. The van der Waals surface area contributed by atoms with E-state index in [9.17, 15) is 9.59 Å². The van der Waals surface area contributed by atoms with Crippen LogP contribution in [-0.4, -0.2) is 60.8 Å². The summed E-state index contributed by atoms with van der Waals surface area (Å²) in [5.41, 5.74) is 0. The van der Waals surface area contributed by atoms with Gasteiger partial charge in [0.1, 0.15) is 6.61 Å². The molecule has 2 N–H and O–H groups in total. The molecule has 0 radical (unpaired) electrons. The molecule has 1 rings (SSSR count). The number of aliphatic carboxylic acids is 1. The minimum atomic E-state index is -0.945. The lowest BCUT2D eigenvalue weighted by atomic mass is 10.1. The lowest BCUT2D eigenvalue weighted by Crippen LogP contribution is -2.42. The van der Waals surface area contributed by atoms with Gasteiger partial charge in [-0.05, 0) is 19.4 Å². The molecule has 1 amide bonds. The summed E-state index contributed by atoms with van der Waals surface area (Å²) in [5.74, 6) is -0.785. The highest BCUT2D eigenvalue weighted by Crippen LogP contribution is 2.14. The van der Waals surface area contributed by atoms with Gasteiger partial charge in [-0.2, -0.15) is 0 Å². The van der Waals surface area contributed by atoms with Crippen LogP contribution in [-0.2, 0) is 14.3 Å². The van der Waals surface area contributed by atoms with Crippen LogP contribution in [0.3, 0.4) is 0 Å². The number of piperidine rings is 1. The molecule has 0 aromatic carbocycles. The summed E-state index contributed by atoms with van der Waals surface area (Å²) in [6.45, 7) is 4.67. The second-order valence-electron chi connectivity index (χ2n) is 4.39.